The molecule has 0 saturated carbocycles. The second-order valence-corrected chi connectivity index (χ2v) is 4.99. The van der Waals surface area contributed by atoms with Crippen LogP contribution in [0.5, 0.6) is 0 Å². The van der Waals surface area contributed by atoms with Gasteiger partial charge in [-0.25, -0.2) is 0 Å². The maximum Gasteiger partial charge on any atom is 0.0158 e. The highest BCUT2D eigenvalue weighted by molar-refractivity contribution is 7.99. The van der Waals surface area contributed by atoms with Crippen molar-refractivity contribution in [2.24, 2.45) is 0 Å². The number of thiol groups is 1. The summed E-state index contributed by atoms with van der Waals surface area (Å²) in [4.78, 5) is 2.61. The van der Waals surface area contributed by atoms with Gasteiger partial charge >= 0.3 is 0 Å². The molecule has 1 saturated heterocycles. The Morgan fingerprint density at radius 1 is 1.50 bits per heavy atom. The van der Waals surface area contributed by atoms with E-state index in [1.54, 1.807) is 0 Å². The Morgan fingerprint density at radius 3 is 3.00 bits per heavy atom. The molecular weight excluding hydrogens is 186 g/mol. The number of hydrogen-bond acceptors (Lipinski definition) is 3. The normalized spacial score (nSPS) is 26.0. The summed E-state index contributed by atoms with van der Waals surface area (Å²) in [6.45, 7) is 4.91. The molecule has 12 heavy (non-hydrogen) atoms. The lowest BCUT2D eigenvalue weighted by molar-refractivity contribution is 0.229. The molecule has 1 atom stereocenters. The molecule has 1 unspecified atom stereocenters. The SMILES string of the molecule is CC1CSCCN1CCCCS. The highest BCUT2D eigenvalue weighted by Crippen LogP contribution is 2.16. The van der Waals surface area contributed by atoms with Gasteiger partial charge in [0.05, 0.1) is 0 Å². The van der Waals surface area contributed by atoms with Crippen LogP contribution in [0, 0.1) is 0 Å². The standard InChI is InChI=1S/C9H19NS2/c1-9-8-12-7-5-10(9)4-2-3-6-11/h9,11H,2-8H2,1H3. The molecule has 0 N–H and O–H groups in total. The minimum atomic E-state index is 0.795. The Labute approximate surface area is 85.7 Å². The number of hydrogen-bond donors (Lipinski definition) is 1. The Hall–Kier alpha value is 0.660. The lowest BCUT2D eigenvalue weighted by atomic mass is 10.2. The first-order valence-corrected chi connectivity index (χ1v) is 6.56. The van der Waals surface area contributed by atoms with Gasteiger partial charge in [0, 0.05) is 24.1 Å². The average molecular weight is 205 g/mol. The first kappa shape index (κ1) is 10.7. The smallest absolute Gasteiger partial charge is 0.0158 e. The van der Waals surface area contributed by atoms with E-state index < -0.39 is 0 Å². The molecule has 0 spiro atoms. The van der Waals surface area contributed by atoms with Crippen LogP contribution in [0.3, 0.4) is 0 Å². The highest BCUT2D eigenvalue weighted by atomic mass is 32.2. The molecule has 0 aromatic carbocycles. The third-order valence-electron chi connectivity index (χ3n) is 2.36. The van der Waals surface area contributed by atoms with Crippen molar-refractivity contribution in [2.45, 2.75) is 25.8 Å². The van der Waals surface area contributed by atoms with Gasteiger partial charge in [0.25, 0.3) is 0 Å². The van der Waals surface area contributed by atoms with Crippen LogP contribution in [0.25, 0.3) is 0 Å². The predicted molar refractivity (Wildman–Crippen MR) is 61.4 cm³/mol. The maximum atomic E-state index is 4.22. The van der Waals surface area contributed by atoms with Gasteiger partial charge in [0.15, 0.2) is 0 Å². The van der Waals surface area contributed by atoms with E-state index in [0.29, 0.717) is 0 Å². The predicted octanol–water partition coefficient (Wildman–Crippen LogP) is 2.13. The van der Waals surface area contributed by atoms with Crippen molar-refractivity contribution in [2.75, 3.05) is 30.3 Å². The quantitative estimate of drug-likeness (QED) is 0.553. The van der Waals surface area contributed by atoms with E-state index >= 15 is 0 Å². The Morgan fingerprint density at radius 2 is 2.33 bits per heavy atom. The zero-order chi connectivity index (χ0) is 8.81. The second-order valence-electron chi connectivity index (χ2n) is 3.39. The lowest BCUT2D eigenvalue weighted by Gasteiger charge is -2.32. The minimum Gasteiger partial charge on any atom is -0.299 e. The van der Waals surface area contributed by atoms with Crippen molar-refractivity contribution in [1.29, 1.82) is 0 Å². The van der Waals surface area contributed by atoms with Crippen LogP contribution in [0.15, 0.2) is 0 Å². The average Bonchev–Trinajstić information content (AvgIpc) is 2.09. The van der Waals surface area contributed by atoms with E-state index in [1.165, 1.54) is 37.4 Å². The van der Waals surface area contributed by atoms with Crippen LogP contribution in [0.4, 0.5) is 0 Å². The summed E-state index contributed by atoms with van der Waals surface area (Å²) in [5.74, 6) is 3.68. The molecule has 0 amide bonds. The molecule has 3 heteroatoms. The van der Waals surface area contributed by atoms with E-state index in [0.717, 1.165) is 11.8 Å². The van der Waals surface area contributed by atoms with Gasteiger partial charge < -0.3 is 0 Å². The Balaban J connectivity index is 2.11. The van der Waals surface area contributed by atoms with Crippen LogP contribution in [-0.2, 0) is 0 Å². The molecule has 0 radical (unpaired) electrons. The fourth-order valence-electron chi connectivity index (χ4n) is 1.52. The summed E-state index contributed by atoms with van der Waals surface area (Å²) in [5.41, 5.74) is 0. The largest absolute Gasteiger partial charge is 0.299 e. The molecule has 1 rings (SSSR count). The van der Waals surface area contributed by atoms with Crippen LogP contribution < -0.4 is 0 Å². The molecular formula is C9H19NS2. The van der Waals surface area contributed by atoms with Gasteiger partial charge in [-0.05, 0) is 32.1 Å². The topological polar surface area (TPSA) is 3.24 Å². The lowest BCUT2D eigenvalue weighted by Crippen LogP contribution is -2.40. The number of rotatable bonds is 4. The molecule has 0 aromatic rings. The van der Waals surface area contributed by atoms with Crippen molar-refractivity contribution in [3.8, 4) is 0 Å². The summed E-state index contributed by atoms with van der Waals surface area (Å²) in [6.07, 6.45) is 2.58. The summed E-state index contributed by atoms with van der Waals surface area (Å²) in [6, 6.07) is 0.795. The fraction of sp³-hybridized carbons (Fsp3) is 1.00. The van der Waals surface area contributed by atoms with Crippen molar-refractivity contribution < 1.29 is 0 Å². The summed E-state index contributed by atoms with van der Waals surface area (Å²) in [5, 5.41) is 0. The summed E-state index contributed by atoms with van der Waals surface area (Å²) >= 11 is 6.31. The van der Waals surface area contributed by atoms with E-state index in [9.17, 15) is 0 Å². The summed E-state index contributed by atoms with van der Waals surface area (Å²) < 4.78 is 0. The summed E-state index contributed by atoms with van der Waals surface area (Å²) in [7, 11) is 0. The zero-order valence-electron chi connectivity index (χ0n) is 7.83. The third kappa shape index (κ3) is 3.58. The Kier molecular flexibility index (Phi) is 5.52. The first-order chi connectivity index (χ1) is 5.84. The number of nitrogens with zero attached hydrogens (tertiary/aromatic N) is 1. The minimum absolute atomic E-state index is 0.795. The van der Waals surface area contributed by atoms with Gasteiger partial charge in [0.1, 0.15) is 0 Å². The molecule has 0 aromatic heterocycles. The molecule has 72 valence electrons. The van der Waals surface area contributed by atoms with Crippen molar-refractivity contribution in [3.63, 3.8) is 0 Å². The molecule has 1 aliphatic heterocycles. The highest BCUT2D eigenvalue weighted by Gasteiger charge is 2.17. The van der Waals surface area contributed by atoms with Gasteiger partial charge in [-0.2, -0.15) is 24.4 Å². The van der Waals surface area contributed by atoms with Gasteiger partial charge in [-0.3, -0.25) is 4.90 Å². The molecule has 0 aliphatic carbocycles. The van der Waals surface area contributed by atoms with E-state index in [2.05, 4.69) is 36.2 Å². The molecule has 1 aliphatic rings. The molecule has 1 heterocycles. The van der Waals surface area contributed by atoms with Crippen molar-refractivity contribution >= 4 is 24.4 Å². The van der Waals surface area contributed by atoms with E-state index in [-0.39, 0.29) is 0 Å². The Bertz CT molecular complexity index is 119. The number of unbranched alkanes of at least 4 members (excludes halogenated alkanes) is 1. The van der Waals surface area contributed by atoms with E-state index in [1.807, 2.05) is 0 Å². The third-order valence-corrected chi connectivity index (χ3v) is 3.86. The van der Waals surface area contributed by atoms with Crippen LogP contribution in [-0.4, -0.2) is 41.3 Å². The monoisotopic (exact) mass is 205 g/mol. The van der Waals surface area contributed by atoms with Crippen LogP contribution in [0.1, 0.15) is 19.8 Å². The van der Waals surface area contributed by atoms with Gasteiger partial charge in [0.2, 0.25) is 0 Å². The van der Waals surface area contributed by atoms with Crippen molar-refractivity contribution in [1.82, 2.24) is 4.90 Å². The molecule has 1 nitrogen and oxygen atoms in total. The van der Waals surface area contributed by atoms with Crippen LogP contribution >= 0.6 is 24.4 Å². The maximum absolute atomic E-state index is 4.22. The molecule has 1 fully saturated rings. The fourth-order valence-corrected chi connectivity index (χ4v) is 2.83. The van der Waals surface area contributed by atoms with Gasteiger partial charge in [-0.1, -0.05) is 0 Å². The van der Waals surface area contributed by atoms with E-state index in [4.69, 9.17) is 0 Å². The van der Waals surface area contributed by atoms with Crippen molar-refractivity contribution in [3.05, 3.63) is 0 Å². The molecule has 0 bridgehead atoms. The number of thioether (sulfide) groups is 1. The van der Waals surface area contributed by atoms with Gasteiger partial charge in [-0.15, -0.1) is 0 Å². The zero-order valence-corrected chi connectivity index (χ0v) is 9.54. The first-order valence-electron chi connectivity index (χ1n) is 4.77. The second kappa shape index (κ2) is 6.17. The van der Waals surface area contributed by atoms with Crippen LogP contribution in [0.2, 0.25) is 0 Å².